The van der Waals surface area contributed by atoms with Gasteiger partial charge in [0.05, 0.1) is 5.75 Å². The van der Waals surface area contributed by atoms with Crippen molar-refractivity contribution in [1.82, 2.24) is 9.55 Å². The van der Waals surface area contributed by atoms with Crippen LogP contribution in [0.4, 0.5) is 0 Å². The van der Waals surface area contributed by atoms with E-state index in [2.05, 4.69) is 18.8 Å². The summed E-state index contributed by atoms with van der Waals surface area (Å²) >= 11 is 1.05. The van der Waals surface area contributed by atoms with E-state index in [4.69, 9.17) is 9.84 Å². The fraction of sp³-hybridized carbons (Fsp3) is 0.615. The molecule has 0 radical (unpaired) electrons. The number of rotatable bonds is 9. The van der Waals surface area contributed by atoms with Gasteiger partial charge in [-0.2, -0.15) is 4.98 Å². The van der Waals surface area contributed by atoms with Gasteiger partial charge in [0.15, 0.2) is 5.16 Å². The van der Waals surface area contributed by atoms with Gasteiger partial charge in [-0.3, -0.25) is 9.59 Å². The summed E-state index contributed by atoms with van der Waals surface area (Å²) in [5.41, 5.74) is -0.356. The minimum atomic E-state index is -0.931. The molecule has 7 heteroatoms. The smallest absolute Gasteiger partial charge is 0.313 e. The quantitative estimate of drug-likeness (QED) is 0.423. The molecule has 1 aromatic rings. The van der Waals surface area contributed by atoms with Crippen molar-refractivity contribution in [3.05, 3.63) is 22.6 Å². The summed E-state index contributed by atoms with van der Waals surface area (Å²) in [4.78, 5) is 25.6. The topological polar surface area (TPSA) is 81.4 Å². The largest absolute Gasteiger partial charge is 0.481 e. The molecule has 0 fully saturated rings. The van der Waals surface area contributed by atoms with Crippen molar-refractivity contribution in [2.75, 3.05) is 19.0 Å². The van der Waals surface area contributed by atoms with Gasteiger partial charge >= 0.3 is 5.97 Å². The maximum Gasteiger partial charge on any atom is 0.313 e. The van der Waals surface area contributed by atoms with Gasteiger partial charge in [0.1, 0.15) is 0 Å². The van der Waals surface area contributed by atoms with Crippen molar-refractivity contribution < 1.29 is 14.6 Å². The highest BCUT2D eigenvalue weighted by molar-refractivity contribution is 7.99. The van der Waals surface area contributed by atoms with Crippen LogP contribution in [-0.4, -0.2) is 39.6 Å². The van der Waals surface area contributed by atoms with Gasteiger partial charge in [-0.25, -0.2) is 0 Å². The SMILES string of the molecule is CC(C)COCCCn1ccc(=O)nc1SCC(=O)O. The Kier molecular flexibility index (Phi) is 7.32. The average Bonchev–Trinajstić information content (AvgIpc) is 2.37. The standard InChI is InChI=1S/C13H20N2O4S/c1-10(2)8-19-7-3-5-15-6-4-11(16)14-13(15)20-9-12(17)18/h4,6,10H,3,5,7-9H2,1-2H3,(H,17,18). The molecule has 1 rings (SSSR count). The van der Waals surface area contributed by atoms with Gasteiger partial charge in [0.25, 0.3) is 5.56 Å². The molecule has 0 unspecified atom stereocenters. The van der Waals surface area contributed by atoms with Crippen LogP contribution in [0.2, 0.25) is 0 Å². The summed E-state index contributed by atoms with van der Waals surface area (Å²) in [6, 6.07) is 1.37. The number of carboxylic acid groups (broad SMARTS) is 1. The lowest BCUT2D eigenvalue weighted by Crippen LogP contribution is -2.15. The van der Waals surface area contributed by atoms with Crippen LogP contribution in [0.1, 0.15) is 20.3 Å². The van der Waals surface area contributed by atoms with Crippen molar-refractivity contribution in [2.45, 2.75) is 32.0 Å². The zero-order valence-corrected chi connectivity index (χ0v) is 12.6. The Morgan fingerprint density at radius 1 is 1.55 bits per heavy atom. The number of aromatic nitrogens is 2. The van der Waals surface area contributed by atoms with Gasteiger partial charge in [-0.15, -0.1) is 0 Å². The zero-order chi connectivity index (χ0) is 15.0. The summed E-state index contributed by atoms with van der Waals surface area (Å²) < 4.78 is 7.27. The predicted molar refractivity (Wildman–Crippen MR) is 77.1 cm³/mol. The molecular formula is C13H20N2O4S. The Morgan fingerprint density at radius 3 is 2.95 bits per heavy atom. The maximum absolute atomic E-state index is 11.2. The number of hydrogen-bond donors (Lipinski definition) is 1. The van der Waals surface area contributed by atoms with E-state index in [9.17, 15) is 9.59 Å². The van der Waals surface area contributed by atoms with E-state index in [0.717, 1.165) is 24.8 Å². The van der Waals surface area contributed by atoms with Gasteiger partial charge in [-0.1, -0.05) is 25.6 Å². The number of hydrogen-bond acceptors (Lipinski definition) is 5. The van der Waals surface area contributed by atoms with E-state index in [1.807, 2.05) is 0 Å². The number of ether oxygens (including phenoxy) is 1. The van der Waals surface area contributed by atoms with Crippen molar-refractivity contribution >= 4 is 17.7 Å². The van der Waals surface area contributed by atoms with E-state index in [1.54, 1.807) is 10.8 Å². The number of carbonyl (C=O) groups is 1. The lowest BCUT2D eigenvalue weighted by molar-refractivity contribution is -0.133. The monoisotopic (exact) mass is 300 g/mol. The van der Waals surface area contributed by atoms with E-state index >= 15 is 0 Å². The third-order valence-electron chi connectivity index (χ3n) is 2.31. The normalized spacial score (nSPS) is 10.9. The highest BCUT2D eigenvalue weighted by Crippen LogP contribution is 2.13. The molecule has 0 atom stereocenters. The summed E-state index contributed by atoms with van der Waals surface area (Å²) in [6.07, 6.45) is 2.43. The molecule has 0 aromatic carbocycles. The average molecular weight is 300 g/mol. The van der Waals surface area contributed by atoms with Crippen LogP contribution < -0.4 is 5.56 Å². The van der Waals surface area contributed by atoms with Crippen molar-refractivity contribution in [3.8, 4) is 0 Å². The first-order valence-electron chi connectivity index (χ1n) is 6.49. The van der Waals surface area contributed by atoms with Crippen molar-refractivity contribution in [1.29, 1.82) is 0 Å². The van der Waals surface area contributed by atoms with Gasteiger partial charge in [0, 0.05) is 32.0 Å². The third-order valence-corrected chi connectivity index (χ3v) is 3.29. The lowest BCUT2D eigenvalue weighted by Gasteiger charge is -2.11. The van der Waals surface area contributed by atoms with E-state index in [1.165, 1.54) is 6.07 Å². The Hall–Kier alpha value is -1.34. The molecule has 1 heterocycles. The molecule has 0 spiro atoms. The van der Waals surface area contributed by atoms with Gasteiger partial charge < -0.3 is 14.4 Å². The first-order chi connectivity index (χ1) is 9.49. The Morgan fingerprint density at radius 2 is 2.30 bits per heavy atom. The Bertz CT molecular complexity index is 488. The first-order valence-corrected chi connectivity index (χ1v) is 7.47. The second kappa shape index (κ2) is 8.76. The van der Waals surface area contributed by atoms with Crippen LogP contribution in [0.15, 0.2) is 22.2 Å². The van der Waals surface area contributed by atoms with Crippen LogP contribution >= 0.6 is 11.8 Å². The lowest BCUT2D eigenvalue weighted by atomic mass is 10.2. The fourth-order valence-electron chi connectivity index (χ4n) is 1.48. The summed E-state index contributed by atoms with van der Waals surface area (Å²) in [7, 11) is 0. The molecule has 0 aliphatic rings. The Balaban J connectivity index is 2.51. The van der Waals surface area contributed by atoms with Crippen LogP contribution in [-0.2, 0) is 16.1 Å². The van der Waals surface area contributed by atoms with Crippen molar-refractivity contribution in [2.24, 2.45) is 5.92 Å². The molecule has 1 N–H and O–H groups in total. The van der Waals surface area contributed by atoms with Crippen LogP contribution in [0.25, 0.3) is 0 Å². The molecule has 0 amide bonds. The molecular weight excluding hydrogens is 280 g/mol. The van der Waals surface area contributed by atoms with Crippen LogP contribution in [0.3, 0.4) is 0 Å². The highest BCUT2D eigenvalue weighted by atomic mass is 32.2. The molecule has 1 aromatic heterocycles. The predicted octanol–water partition coefficient (Wildman–Crippen LogP) is 1.48. The molecule has 6 nitrogen and oxygen atoms in total. The number of thioether (sulfide) groups is 1. The molecule has 0 aliphatic carbocycles. The number of nitrogens with zero attached hydrogens (tertiary/aromatic N) is 2. The fourth-order valence-corrected chi connectivity index (χ4v) is 2.21. The second-order valence-electron chi connectivity index (χ2n) is 4.75. The van der Waals surface area contributed by atoms with E-state index < -0.39 is 5.97 Å². The molecule has 0 bridgehead atoms. The zero-order valence-electron chi connectivity index (χ0n) is 11.7. The third kappa shape index (κ3) is 6.72. The summed E-state index contributed by atoms with van der Waals surface area (Å²) in [6.45, 7) is 6.18. The van der Waals surface area contributed by atoms with Crippen LogP contribution in [0, 0.1) is 5.92 Å². The van der Waals surface area contributed by atoms with E-state index in [-0.39, 0.29) is 11.3 Å². The van der Waals surface area contributed by atoms with E-state index in [0.29, 0.717) is 24.2 Å². The van der Waals surface area contributed by atoms with Gasteiger partial charge in [0.2, 0.25) is 0 Å². The molecule has 0 saturated carbocycles. The number of aliphatic carboxylic acids is 1. The molecule has 112 valence electrons. The minimum Gasteiger partial charge on any atom is -0.481 e. The minimum absolute atomic E-state index is 0.111. The van der Waals surface area contributed by atoms with Gasteiger partial charge in [-0.05, 0) is 12.3 Å². The first kappa shape index (κ1) is 16.7. The Labute approximate surface area is 122 Å². The highest BCUT2D eigenvalue weighted by Gasteiger charge is 2.06. The van der Waals surface area contributed by atoms with Crippen LogP contribution in [0.5, 0.6) is 0 Å². The number of carboxylic acids is 1. The van der Waals surface area contributed by atoms with Crippen molar-refractivity contribution in [3.63, 3.8) is 0 Å². The molecule has 0 saturated heterocycles. The summed E-state index contributed by atoms with van der Waals surface area (Å²) in [5.74, 6) is -0.536. The maximum atomic E-state index is 11.2. The summed E-state index contributed by atoms with van der Waals surface area (Å²) in [5, 5.41) is 9.11. The molecule has 20 heavy (non-hydrogen) atoms. The second-order valence-corrected chi connectivity index (χ2v) is 5.69. The number of aryl methyl sites for hydroxylation is 1. The molecule has 0 aliphatic heterocycles.